The minimum atomic E-state index is -0.160. The molecule has 0 aliphatic heterocycles. The Kier molecular flexibility index (Phi) is 6.06. The van der Waals surface area contributed by atoms with Crippen LogP contribution in [0.1, 0.15) is 13.3 Å². The van der Waals surface area contributed by atoms with Gasteiger partial charge in [-0.05, 0) is 36.8 Å². The highest BCUT2D eigenvalue weighted by Crippen LogP contribution is 2.28. The summed E-state index contributed by atoms with van der Waals surface area (Å²) >= 11 is 7.69. The summed E-state index contributed by atoms with van der Waals surface area (Å²) in [7, 11) is 1.56. The van der Waals surface area contributed by atoms with Gasteiger partial charge in [-0.3, -0.25) is 4.79 Å². The zero-order valence-electron chi connectivity index (χ0n) is 14.7. The molecule has 0 atom stereocenters. The van der Waals surface area contributed by atoms with Crippen molar-refractivity contribution < 1.29 is 9.53 Å². The molecule has 0 radical (unpaired) electrons. The lowest BCUT2D eigenvalue weighted by atomic mass is 10.3. The van der Waals surface area contributed by atoms with Crippen LogP contribution >= 0.6 is 23.4 Å². The van der Waals surface area contributed by atoms with E-state index >= 15 is 0 Å². The summed E-state index contributed by atoms with van der Waals surface area (Å²) in [5, 5.41) is 4.27. The van der Waals surface area contributed by atoms with Crippen molar-refractivity contribution in [2.24, 2.45) is 0 Å². The van der Waals surface area contributed by atoms with Crippen LogP contribution in [0.4, 0.5) is 5.69 Å². The third kappa shape index (κ3) is 4.14. The number of nitrogens with one attached hydrogen (secondary N) is 1. The van der Waals surface area contributed by atoms with Crippen LogP contribution in [0, 0.1) is 0 Å². The maximum Gasteiger partial charge on any atom is 0.244 e. The van der Waals surface area contributed by atoms with E-state index in [1.165, 1.54) is 0 Å². The predicted octanol–water partition coefficient (Wildman–Crippen LogP) is 4.84. The second kappa shape index (κ2) is 8.47. The number of carbonyl (C=O) groups is 1. The minimum Gasteiger partial charge on any atom is -0.495 e. The van der Waals surface area contributed by atoms with Gasteiger partial charge in [0.05, 0.1) is 23.8 Å². The maximum atomic E-state index is 12.7. The molecule has 3 aromatic rings. The summed E-state index contributed by atoms with van der Waals surface area (Å²) in [6.07, 6.45) is 1.04. The van der Waals surface area contributed by atoms with Crippen LogP contribution in [0.2, 0.25) is 5.02 Å². The molecule has 0 saturated carbocycles. The first-order valence-corrected chi connectivity index (χ1v) is 9.70. The number of aromatic nitrogens is 2. The number of methoxy groups -OCH3 is 1. The number of carbonyl (C=O) groups excluding carboxylic acids is 1. The highest BCUT2D eigenvalue weighted by Gasteiger charge is 2.15. The minimum absolute atomic E-state index is 0.160. The van der Waals surface area contributed by atoms with Crippen molar-refractivity contribution in [3.63, 3.8) is 0 Å². The Morgan fingerprint density at radius 3 is 2.88 bits per heavy atom. The molecule has 3 rings (SSSR count). The molecule has 0 spiro atoms. The maximum absolute atomic E-state index is 12.7. The van der Waals surface area contributed by atoms with E-state index in [1.54, 1.807) is 37.1 Å². The largest absolute Gasteiger partial charge is 0.495 e. The molecule has 2 aromatic carbocycles. The van der Waals surface area contributed by atoms with Gasteiger partial charge in [-0.25, -0.2) is 4.98 Å². The van der Waals surface area contributed by atoms with Crippen LogP contribution < -0.4 is 10.1 Å². The molecule has 1 N–H and O–H groups in total. The summed E-state index contributed by atoms with van der Waals surface area (Å²) in [4.78, 5) is 17.3. The molecule has 0 unspecified atom stereocenters. The number of hydrogen-bond acceptors (Lipinski definition) is 4. The van der Waals surface area contributed by atoms with Gasteiger partial charge in [-0.15, -0.1) is 0 Å². The van der Waals surface area contributed by atoms with Crippen molar-refractivity contribution in [2.75, 3.05) is 18.2 Å². The first-order chi connectivity index (χ1) is 12.6. The van der Waals surface area contributed by atoms with E-state index in [0.29, 0.717) is 16.5 Å². The number of rotatable bonds is 7. The van der Waals surface area contributed by atoms with Gasteiger partial charge >= 0.3 is 0 Å². The number of nitrogens with zero attached hydrogens (tertiary/aromatic N) is 2. The Labute approximate surface area is 161 Å². The normalized spacial score (nSPS) is 10.9. The van der Waals surface area contributed by atoms with Gasteiger partial charge in [0.2, 0.25) is 5.91 Å². The molecular weight excluding hydrogens is 370 g/mol. The van der Waals surface area contributed by atoms with Crippen LogP contribution in [0.15, 0.2) is 47.6 Å². The van der Waals surface area contributed by atoms with E-state index < -0.39 is 0 Å². The standard InChI is InChI=1S/C19H20ClN3O2S/c1-3-10-26-19-22-14-6-4-5-7-16(14)23(19)12-18(24)21-15-11-13(20)8-9-17(15)25-2/h4-9,11H,3,10,12H2,1-2H3,(H,21,24). The fourth-order valence-electron chi connectivity index (χ4n) is 2.62. The summed E-state index contributed by atoms with van der Waals surface area (Å²) < 4.78 is 7.23. The van der Waals surface area contributed by atoms with Crippen molar-refractivity contribution in [3.05, 3.63) is 47.5 Å². The highest BCUT2D eigenvalue weighted by molar-refractivity contribution is 7.99. The zero-order valence-corrected chi connectivity index (χ0v) is 16.2. The van der Waals surface area contributed by atoms with Crippen molar-refractivity contribution >= 4 is 46.0 Å². The SMILES string of the molecule is CCCSc1nc2ccccc2n1CC(=O)Nc1cc(Cl)ccc1OC. The van der Waals surface area contributed by atoms with E-state index in [2.05, 4.69) is 17.2 Å². The van der Waals surface area contributed by atoms with E-state index in [0.717, 1.165) is 28.4 Å². The fraction of sp³-hybridized carbons (Fsp3) is 0.263. The van der Waals surface area contributed by atoms with Gasteiger partial charge < -0.3 is 14.6 Å². The summed E-state index contributed by atoms with van der Waals surface area (Å²) in [6.45, 7) is 2.29. The number of fused-ring (bicyclic) bond motifs is 1. The highest BCUT2D eigenvalue weighted by atomic mass is 35.5. The summed E-state index contributed by atoms with van der Waals surface area (Å²) in [6, 6.07) is 13.0. The second-order valence-corrected chi connectivity index (χ2v) is 7.21. The van der Waals surface area contributed by atoms with Crippen LogP contribution in [0.25, 0.3) is 11.0 Å². The zero-order chi connectivity index (χ0) is 18.5. The molecule has 1 heterocycles. The third-order valence-corrected chi connectivity index (χ3v) is 5.21. The molecule has 26 heavy (non-hydrogen) atoms. The summed E-state index contributed by atoms with van der Waals surface area (Å²) in [5.41, 5.74) is 2.38. The topological polar surface area (TPSA) is 56.2 Å². The van der Waals surface area contributed by atoms with Crippen LogP contribution in [-0.2, 0) is 11.3 Å². The Balaban J connectivity index is 1.86. The molecule has 0 aliphatic carbocycles. The molecule has 1 aromatic heterocycles. The van der Waals surface area contributed by atoms with Gasteiger partial charge in [0, 0.05) is 10.8 Å². The Bertz CT molecular complexity index is 926. The van der Waals surface area contributed by atoms with Crippen LogP contribution in [-0.4, -0.2) is 28.3 Å². The number of hydrogen-bond donors (Lipinski definition) is 1. The lowest BCUT2D eigenvalue weighted by Gasteiger charge is -2.12. The molecule has 5 nitrogen and oxygen atoms in total. The lowest BCUT2D eigenvalue weighted by molar-refractivity contribution is -0.116. The Morgan fingerprint density at radius 1 is 1.31 bits per heavy atom. The molecular formula is C19H20ClN3O2S. The monoisotopic (exact) mass is 389 g/mol. The van der Waals surface area contributed by atoms with Gasteiger partial charge in [-0.1, -0.05) is 42.4 Å². The molecule has 1 amide bonds. The molecule has 0 aliphatic rings. The summed E-state index contributed by atoms with van der Waals surface area (Å²) in [5.74, 6) is 1.36. The number of amides is 1. The quantitative estimate of drug-likeness (QED) is 0.587. The van der Waals surface area contributed by atoms with Crippen molar-refractivity contribution in [1.82, 2.24) is 9.55 Å². The van der Waals surface area contributed by atoms with Gasteiger partial charge in [0.25, 0.3) is 0 Å². The van der Waals surface area contributed by atoms with Crippen LogP contribution in [0.5, 0.6) is 5.75 Å². The van der Waals surface area contributed by atoms with E-state index in [9.17, 15) is 4.79 Å². The molecule has 0 saturated heterocycles. The lowest BCUT2D eigenvalue weighted by Crippen LogP contribution is -2.19. The Hall–Kier alpha value is -2.18. The van der Waals surface area contributed by atoms with E-state index in [1.807, 2.05) is 28.8 Å². The number of ether oxygens (including phenoxy) is 1. The van der Waals surface area contributed by atoms with Gasteiger partial charge in [0.1, 0.15) is 12.3 Å². The van der Waals surface area contributed by atoms with Crippen molar-refractivity contribution in [2.45, 2.75) is 25.0 Å². The average Bonchev–Trinajstić information content (AvgIpc) is 2.97. The van der Waals surface area contributed by atoms with Crippen molar-refractivity contribution in [3.8, 4) is 5.75 Å². The number of halogens is 1. The fourth-order valence-corrected chi connectivity index (χ4v) is 3.66. The molecule has 0 bridgehead atoms. The first kappa shape index (κ1) is 18.6. The number of imidazole rings is 1. The number of anilines is 1. The van der Waals surface area contributed by atoms with Crippen molar-refractivity contribution in [1.29, 1.82) is 0 Å². The molecule has 7 heteroatoms. The predicted molar refractivity (Wildman–Crippen MR) is 107 cm³/mol. The van der Waals surface area contributed by atoms with Gasteiger partial charge in [0.15, 0.2) is 5.16 Å². The number of para-hydroxylation sites is 2. The molecule has 0 fully saturated rings. The van der Waals surface area contributed by atoms with Crippen LogP contribution in [0.3, 0.4) is 0 Å². The van der Waals surface area contributed by atoms with E-state index in [4.69, 9.17) is 16.3 Å². The number of benzene rings is 2. The Morgan fingerprint density at radius 2 is 2.12 bits per heavy atom. The second-order valence-electron chi connectivity index (χ2n) is 5.71. The number of thioether (sulfide) groups is 1. The average molecular weight is 390 g/mol. The third-order valence-electron chi connectivity index (χ3n) is 3.79. The van der Waals surface area contributed by atoms with E-state index in [-0.39, 0.29) is 12.5 Å². The molecule has 136 valence electrons. The smallest absolute Gasteiger partial charge is 0.244 e. The first-order valence-electron chi connectivity index (χ1n) is 8.33. The van der Waals surface area contributed by atoms with Gasteiger partial charge in [-0.2, -0.15) is 0 Å².